The van der Waals surface area contributed by atoms with Crippen LogP contribution in [0.1, 0.15) is 199 Å². The van der Waals surface area contributed by atoms with Crippen LogP contribution in [0, 0.1) is 65.1 Å². The van der Waals surface area contributed by atoms with E-state index >= 15 is 0 Å². The van der Waals surface area contributed by atoms with E-state index in [-0.39, 0.29) is 12.3 Å². The SMILES string of the molecule is C1=CCCC(C2CCC=C(C3NC(C4=CC(C5CCCCC5)CCC4)NC(C4C=C(C5CCC[C@H](C6CCCCC6)C5)CC(C5CCCC(C6C=CCCC6)C5)C4)N3)C2)=C1. The summed E-state index contributed by atoms with van der Waals surface area (Å²) in [6.07, 6.45) is 65.8. The van der Waals surface area contributed by atoms with Crippen molar-refractivity contribution in [3.8, 4) is 0 Å². The van der Waals surface area contributed by atoms with Crippen LogP contribution in [0.5, 0.6) is 0 Å². The van der Waals surface area contributed by atoms with Crippen LogP contribution in [0.15, 0.2) is 70.9 Å². The zero-order chi connectivity index (χ0) is 40.1. The predicted molar refractivity (Wildman–Crippen MR) is 253 cm³/mol. The number of allylic oxidation sites excluding steroid dienone is 9. The van der Waals surface area contributed by atoms with Crippen LogP contribution in [-0.4, -0.2) is 18.5 Å². The first kappa shape index (κ1) is 42.3. The highest BCUT2D eigenvalue weighted by Gasteiger charge is 2.43. The molecular formula is C57H87N3. The van der Waals surface area contributed by atoms with Crippen molar-refractivity contribution >= 4 is 0 Å². The molecule has 3 heteroatoms. The molecule has 0 radical (unpaired) electrons. The molecule has 0 spiro atoms. The Bertz CT molecular complexity index is 1600. The van der Waals surface area contributed by atoms with Crippen molar-refractivity contribution in [1.29, 1.82) is 0 Å². The Morgan fingerprint density at radius 3 is 1.93 bits per heavy atom. The third kappa shape index (κ3) is 10.1. The summed E-state index contributed by atoms with van der Waals surface area (Å²) < 4.78 is 0. The van der Waals surface area contributed by atoms with Gasteiger partial charge in [0.25, 0.3) is 0 Å². The molecule has 60 heavy (non-hydrogen) atoms. The molecule has 3 N–H and O–H groups in total. The van der Waals surface area contributed by atoms with Gasteiger partial charge >= 0.3 is 0 Å². The number of hydrogen-bond donors (Lipinski definition) is 3. The molecule has 11 unspecified atom stereocenters. The van der Waals surface area contributed by atoms with Crippen LogP contribution in [0.3, 0.4) is 0 Å². The molecule has 10 aliphatic rings. The van der Waals surface area contributed by atoms with Crippen LogP contribution in [0.4, 0.5) is 0 Å². The summed E-state index contributed by atoms with van der Waals surface area (Å²) in [5.41, 5.74) is 7.01. The molecular weight excluding hydrogens is 727 g/mol. The van der Waals surface area contributed by atoms with E-state index in [1.807, 2.05) is 5.57 Å². The van der Waals surface area contributed by atoms with Crippen molar-refractivity contribution in [3.05, 3.63) is 70.9 Å². The molecule has 0 aromatic rings. The smallest absolute Gasteiger partial charge is 0.0821 e. The third-order valence-corrected chi connectivity index (χ3v) is 19.2. The van der Waals surface area contributed by atoms with E-state index in [0.29, 0.717) is 18.0 Å². The summed E-state index contributed by atoms with van der Waals surface area (Å²) >= 11 is 0. The zero-order valence-electron chi connectivity index (χ0n) is 38.1. The molecule has 12 atom stereocenters. The monoisotopic (exact) mass is 814 g/mol. The van der Waals surface area contributed by atoms with Crippen molar-refractivity contribution in [1.82, 2.24) is 16.0 Å². The van der Waals surface area contributed by atoms with Gasteiger partial charge in [0.15, 0.2) is 0 Å². The van der Waals surface area contributed by atoms with Gasteiger partial charge < -0.3 is 0 Å². The highest BCUT2D eigenvalue weighted by atomic mass is 15.4. The summed E-state index contributed by atoms with van der Waals surface area (Å²) in [7, 11) is 0. The molecule has 1 heterocycles. The predicted octanol–water partition coefficient (Wildman–Crippen LogP) is 14.6. The maximum absolute atomic E-state index is 4.44. The van der Waals surface area contributed by atoms with Gasteiger partial charge in [0, 0.05) is 5.92 Å². The summed E-state index contributed by atoms with van der Waals surface area (Å²) in [6, 6.07) is 0. The third-order valence-electron chi connectivity index (χ3n) is 19.2. The molecule has 5 fully saturated rings. The average Bonchev–Trinajstić information content (AvgIpc) is 3.35. The Balaban J connectivity index is 0.941. The van der Waals surface area contributed by atoms with E-state index in [0.717, 1.165) is 53.3 Å². The van der Waals surface area contributed by atoms with Crippen molar-refractivity contribution in [3.63, 3.8) is 0 Å². The van der Waals surface area contributed by atoms with Crippen LogP contribution < -0.4 is 16.0 Å². The molecule has 330 valence electrons. The Morgan fingerprint density at radius 1 is 0.400 bits per heavy atom. The Hall–Kier alpha value is -1.68. The second-order valence-electron chi connectivity index (χ2n) is 22.8. The molecule has 1 aliphatic heterocycles. The normalized spacial score (nSPS) is 41.5. The van der Waals surface area contributed by atoms with Gasteiger partial charge in [0.05, 0.1) is 18.5 Å². The fourth-order valence-electron chi connectivity index (χ4n) is 15.9. The minimum absolute atomic E-state index is 0.263. The molecule has 9 aliphatic carbocycles. The summed E-state index contributed by atoms with van der Waals surface area (Å²) in [6.45, 7) is 0. The topological polar surface area (TPSA) is 36.1 Å². The van der Waals surface area contributed by atoms with E-state index in [2.05, 4.69) is 64.6 Å². The minimum Gasteiger partial charge on any atom is -0.282 e. The number of nitrogens with one attached hydrogen (secondary N) is 3. The first-order valence-electron chi connectivity index (χ1n) is 27.1. The lowest BCUT2D eigenvalue weighted by molar-refractivity contribution is 0.111. The lowest BCUT2D eigenvalue weighted by Gasteiger charge is -2.48. The molecule has 0 bridgehead atoms. The highest BCUT2D eigenvalue weighted by molar-refractivity contribution is 5.28. The van der Waals surface area contributed by atoms with Gasteiger partial charge in [0.1, 0.15) is 0 Å². The van der Waals surface area contributed by atoms with Crippen LogP contribution >= 0.6 is 0 Å². The fraction of sp³-hybridized carbons (Fsp3) is 0.789. The summed E-state index contributed by atoms with van der Waals surface area (Å²) in [4.78, 5) is 0. The van der Waals surface area contributed by atoms with E-state index in [1.54, 1.807) is 16.7 Å². The quantitative estimate of drug-likeness (QED) is 0.203. The largest absolute Gasteiger partial charge is 0.282 e. The Morgan fingerprint density at radius 2 is 1.13 bits per heavy atom. The summed E-state index contributed by atoms with van der Waals surface area (Å²) in [5.74, 6) is 9.38. The molecule has 3 nitrogen and oxygen atoms in total. The number of rotatable bonds is 9. The zero-order valence-corrected chi connectivity index (χ0v) is 38.1. The average molecular weight is 814 g/mol. The standard InChI is InChI=1S/C57H87N3/c1-5-17-40(18-6-1)44-25-13-29-48(33-44)52-37-53(49-30-14-26-45(34-49)41-19-7-2-8-20-41)39-54(38-52)57-59-55(50-31-15-27-46(35-50)42-21-9-3-10-22-42)58-56(60-57)51-32-16-28-47(36-51)43-23-11-4-12-24-43/h3,5,9,17,21,31,36,39-41,43-49,52,54-60H,1-2,4,6-8,10-16,18-20,22-30,32-35,37-38H2/t40?,44?,45-,46?,47?,48?,49?,52?,54?,55?,56?,57?/m0/s1. The molecule has 4 saturated carbocycles. The lowest BCUT2D eigenvalue weighted by Crippen LogP contribution is -2.70. The van der Waals surface area contributed by atoms with Gasteiger partial charge in [-0.1, -0.05) is 137 Å². The fourth-order valence-corrected chi connectivity index (χ4v) is 15.9. The Labute approximate surface area is 368 Å². The second kappa shape index (κ2) is 20.4. The van der Waals surface area contributed by atoms with E-state index < -0.39 is 0 Å². The molecule has 10 rings (SSSR count). The maximum atomic E-state index is 4.44. The van der Waals surface area contributed by atoms with E-state index in [9.17, 15) is 0 Å². The van der Waals surface area contributed by atoms with Crippen LogP contribution in [0.2, 0.25) is 0 Å². The first-order chi connectivity index (χ1) is 29.7. The number of hydrogen-bond acceptors (Lipinski definition) is 3. The first-order valence-corrected chi connectivity index (χ1v) is 27.1. The van der Waals surface area contributed by atoms with Gasteiger partial charge in [-0.3, -0.25) is 16.0 Å². The van der Waals surface area contributed by atoms with Crippen molar-refractivity contribution in [2.45, 2.75) is 218 Å². The molecule has 1 saturated heterocycles. The van der Waals surface area contributed by atoms with Crippen LogP contribution in [0.25, 0.3) is 0 Å². The van der Waals surface area contributed by atoms with Crippen molar-refractivity contribution in [2.75, 3.05) is 0 Å². The lowest BCUT2D eigenvalue weighted by atomic mass is 9.62. The van der Waals surface area contributed by atoms with Gasteiger partial charge in [0.2, 0.25) is 0 Å². The van der Waals surface area contributed by atoms with Crippen LogP contribution in [-0.2, 0) is 0 Å². The van der Waals surface area contributed by atoms with E-state index in [4.69, 9.17) is 0 Å². The maximum Gasteiger partial charge on any atom is 0.0821 e. The van der Waals surface area contributed by atoms with Crippen molar-refractivity contribution < 1.29 is 0 Å². The van der Waals surface area contributed by atoms with E-state index in [1.165, 1.54) is 199 Å². The van der Waals surface area contributed by atoms with Gasteiger partial charge in [-0.05, 0) is 192 Å². The van der Waals surface area contributed by atoms with Gasteiger partial charge in [-0.15, -0.1) is 0 Å². The van der Waals surface area contributed by atoms with Gasteiger partial charge in [-0.2, -0.15) is 0 Å². The van der Waals surface area contributed by atoms with Gasteiger partial charge in [-0.25, -0.2) is 0 Å². The molecule has 0 aromatic carbocycles. The summed E-state index contributed by atoms with van der Waals surface area (Å²) in [5, 5.41) is 13.2. The highest BCUT2D eigenvalue weighted by Crippen LogP contribution is 2.50. The minimum atomic E-state index is 0.263. The molecule has 0 amide bonds. The van der Waals surface area contributed by atoms with Crippen molar-refractivity contribution in [2.24, 2.45) is 65.1 Å². The molecule has 0 aromatic heterocycles. The second-order valence-corrected chi connectivity index (χ2v) is 22.8. The Kier molecular flexibility index (Phi) is 14.4.